The van der Waals surface area contributed by atoms with Crippen LogP contribution in [0.4, 0.5) is 0 Å². The highest BCUT2D eigenvalue weighted by Gasteiger charge is 2.24. The minimum absolute atomic E-state index is 0.195. The molecule has 0 aliphatic carbocycles. The Balaban J connectivity index is 2.50. The quantitative estimate of drug-likeness (QED) is 0.898. The Bertz CT molecular complexity index is 719. The van der Waals surface area contributed by atoms with Crippen LogP contribution < -0.4 is 0 Å². The second-order valence-corrected chi connectivity index (χ2v) is 6.96. The summed E-state index contributed by atoms with van der Waals surface area (Å²) >= 11 is 0. The summed E-state index contributed by atoms with van der Waals surface area (Å²) in [4.78, 5) is 11.6. The molecule has 1 N–H and O–H groups in total. The van der Waals surface area contributed by atoms with Crippen LogP contribution in [0.15, 0.2) is 18.3 Å². The van der Waals surface area contributed by atoms with Crippen LogP contribution in [0.25, 0.3) is 0 Å². The lowest BCUT2D eigenvalue weighted by molar-refractivity contribution is 0.0695. The van der Waals surface area contributed by atoms with Crippen molar-refractivity contribution < 1.29 is 9.90 Å². The summed E-state index contributed by atoms with van der Waals surface area (Å²) < 4.78 is 1.80. The molecule has 0 aliphatic heterocycles. The molecule has 4 heteroatoms. The van der Waals surface area contributed by atoms with Gasteiger partial charge in [-0.05, 0) is 57.7 Å². The zero-order valence-electron chi connectivity index (χ0n) is 14.9. The maximum Gasteiger partial charge on any atom is 0.339 e. The normalized spacial score (nSPS) is 11.7. The molecule has 0 saturated heterocycles. The van der Waals surface area contributed by atoms with Crippen LogP contribution in [0, 0.1) is 20.8 Å². The number of carboxylic acids is 1. The number of aromatic nitrogens is 2. The van der Waals surface area contributed by atoms with Crippen LogP contribution in [-0.2, 0) is 12.0 Å². The standard InChI is InChI=1S/C19H26N2O2/c1-7-19(5,6)21-11-16(18(22)23)17(20-21)10-15-13(3)8-12(2)9-14(15)4/h8-9,11H,7,10H2,1-6H3,(H,22,23). The van der Waals surface area contributed by atoms with Crippen LogP contribution in [0.2, 0.25) is 0 Å². The van der Waals surface area contributed by atoms with Crippen molar-refractivity contribution in [2.45, 2.75) is 59.9 Å². The van der Waals surface area contributed by atoms with Gasteiger partial charge in [0, 0.05) is 12.6 Å². The van der Waals surface area contributed by atoms with E-state index in [9.17, 15) is 9.90 Å². The van der Waals surface area contributed by atoms with Gasteiger partial charge in [-0.1, -0.05) is 24.6 Å². The molecule has 1 aromatic heterocycles. The lowest BCUT2D eigenvalue weighted by atomic mass is 9.95. The van der Waals surface area contributed by atoms with E-state index in [2.05, 4.69) is 58.8 Å². The predicted octanol–water partition coefficient (Wildman–Crippen LogP) is 4.24. The maximum atomic E-state index is 11.6. The fourth-order valence-electron chi connectivity index (χ4n) is 2.85. The van der Waals surface area contributed by atoms with Crippen LogP contribution in [0.5, 0.6) is 0 Å². The number of carboxylic acid groups (broad SMARTS) is 1. The van der Waals surface area contributed by atoms with Gasteiger partial charge in [0.1, 0.15) is 5.56 Å². The molecular weight excluding hydrogens is 288 g/mol. The van der Waals surface area contributed by atoms with Crippen molar-refractivity contribution in [2.24, 2.45) is 0 Å². The number of benzene rings is 1. The summed E-state index contributed by atoms with van der Waals surface area (Å²) in [6.45, 7) is 12.4. The minimum Gasteiger partial charge on any atom is -0.478 e. The van der Waals surface area contributed by atoms with Gasteiger partial charge in [-0.15, -0.1) is 0 Å². The molecule has 4 nitrogen and oxygen atoms in total. The van der Waals surface area contributed by atoms with Gasteiger partial charge >= 0.3 is 5.97 Å². The lowest BCUT2D eigenvalue weighted by Crippen LogP contribution is -2.25. The minimum atomic E-state index is -0.916. The first kappa shape index (κ1) is 17.3. The molecule has 0 aliphatic rings. The third-order valence-corrected chi connectivity index (χ3v) is 4.69. The highest BCUT2D eigenvalue weighted by atomic mass is 16.4. The summed E-state index contributed by atoms with van der Waals surface area (Å²) in [5.74, 6) is -0.916. The highest BCUT2D eigenvalue weighted by molar-refractivity contribution is 5.88. The molecule has 1 heterocycles. The first-order chi connectivity index (χ1) is 10.7. The van der Waals surface area contributed by atoms with E-state index in [4.69, 9.17) is 0 Å². The maximum absolute atomic E-state index is 11.6. The Morgan fingerprint density at radius 3 is 2.26 bits per heavy atom. The van der Waals surface area contributed by atoms with Crippen molar-refractivity contribution >= 4 is 5.97 Å². The third kappa shape index (κ3) is 3.46. The topological polar surface area (TPSA) is 55.1 Å². The molecule has 0 radical (unpaired) electrons. The van der Waals surface area contributed by atoms with Crippen molar-refractivity contribution in [1.29, 1.82) is 0 Å². The van der Waals surface area contributed by atoms with E-state index in [1.165, 1.54) is 16.7 Å². The number of nitrogens with zero attached hydrogens (tertiary/aromatic N) is 2. The van der Waals surface area contributed by atoms with Gasteiger partial charge in [0.15, 0.2) is 0 Å². The Morgan fingerprint density at radius 2 is 1.78 bits per heavy atom. The number of aryl methyl sites for hydroxylation is 3. The molecule has 1 aromatic carbocycles. The van der Waals surface area contributed by atoms with Crippen LogP contribution in [0.1, 0.15) is 65.5 Å². The van der Waals surface area contributed by atoms with Crippen molar-refractivity contribution in [3.8, 4) is 0 Å². The highest BCUT2D eigenvalue weighted by Crippen LogP contribution is 2.24. The molecule has 0 bridgehead atoms. The average Bonchev–Trinajstić information content (AvgIpc) is 2.87. The Labute approximate surface area is 138 Å². The summed E-state index contributed by atoms with van der Waals surface area (Å²) in [5.41, 5.74) is 5.49. The average molecular weight is 314 g/mol. The molecule has 0 unspecified atom stereocenters. The number of rotatable bonds is 5. The summed E-state index contributed by atoms with van der Waals surface area (Å²) in [7, 11) is 0. The van der Waals surface area contributed by atoms with Gasteiger partial charge in [0.05, 0.1) is 11.2 Å². The zero-order valence-corrected chi connectivity index (χ0v) is 14.9. The molecule has 23 heavy (non-hydrogen) atoms. The largest absolute Gasteiger partial charge is 0.478 e. The molecule has 0 atom stereocenters. The fourth-order valence-corrected chi connectivity index (χ4v) is 2.85. The van der Waals surface area contributed by atoms with Crippen molar-refractivity contribution in [2.75, 3.05) is 0 Å². The summed E-state index contributed by atoms with van der Waals surface area (Å²) in [6, 6.07) is 4.27. The Hall–Kier alpha value is -2.10. The van der Waals surface area contributed by atoms with E-state index in [1.54, 1.807) is 10.9 Å². The molecule has 2 rings (SSSR count). The number of hydrogen-bond acceptors (Lipinski definition) is 2. The van der Waals surface area contributed by atoms with E-state index in [-0.39, 0.29) is 5.54 Å². The molecule has 0 fully saturated rings. The summed E-state index contributed by atoms with van der Waals surface area (Å²) in [5, 5.41) is 14.1. The van der Waals surface area contributed by atoms with Gasteiger partial charge in [-0.3, -0.25) is 4.68 Å². The second-order valence-electron chi connectivity index (χ2n) is 6.96. The van der Waals surface area contributed by atoms with Gasteiger partial charge in [-0.25, -0.2) is 4.79 Å². The fraction of sp³-hybridized carbons (Fsp3) is 0.474. The number of carbonyl (C=O) groups is 1. The van der Waals surface area contributed by atoms with E-state index >= 15 is 0 Å². The first-order valence-corrected chi connectivity index (χ1v) is 8.04. The first-order valence-electron chi connectivity index (χ1n) is 8.04. The predicted molar refractivity (Wildman–Crippen MR) is 92.3 cm³/mol. The van der Waals surface area contributed by atoms with Crippen molar-refractivity contribution in [1.82, 2.24) is 9.78 Å². The van der Waals surface area contributed by atoms with Gasteiger partial charge in [0.2, 0.25) is 0 Å². The summed E-state index contributed by atoms with van der Waals surface area (Å²) in [6.07, 6.45) is 3.10. The molecular formula is C19H26N2O2. The smallest absolute Gasteiger partial charge is 0.339 e. The van der Waals surface area contributed by atoms with E-state index in [0.717, 1.165) is 12.0 Å². The lowest BCUT2D eigenvalue weighted by Gasteiger charge is -2.23. The zero-order chi connectivity index (χ0) is 17.4. The van der Waals surface area contributed by atoms with E-state index in [0.29, 0.717) is 17.7 Å². The number of aromatic carboxylic acids is 1. The Morgan fingerprint density at radius 1 is 1.22 bits per heavy atom. The molecule has 0 saturated carbocycles. The van der Waals surface area contributed by atoms with Gasteiger partial charge < -0.3 is 5.11 Å². The second kappa shape index (κ2) is 6.19. The molecule has 2 aromatic rings. The third-order valence-electron chi connectivity index (χ3n) is 4.69. The van der Waals surface area contributed by atoms with Gasteiger partial charge in [-0.2, -0.15) is 5.10 Å². The van der Waals surface area contributed by atoms with Crippen LogP contribution in [-0.4, -0.2) is 20.9 Å². The molecule has 124 valence electrons. The molecule has 0 amide bonds. The van der Waals surface area contributed by atoms with E-state index < -0.39 is 5.97 Å². The SMILES string of the molecule is CCC(C)(C)n1cc(C(=O)O)c(Cc2c(C)cc(C)cc2C)n1. The van der Waals surface area contributed by atoms with Gasteiger partial charge in [0.25, 0.3) is 0 Å². The van der Waals surface area contributed by atoms with Crippen LogP contribution in [0.3, 0.4) is 0 Å². The van der Waals surface area contributed by atoms with E-state index in [1.807, 2.05) is 0 Å². The Kier molecular flexibility index (Phi) is 4.64. The van der Waals surface area contributed by atoms with Crippen molar-refractivity contribution in [3.63, 3.8) is 0 Å². The van der Waals surface area contributed by atoms with Crippen molar-refractivity contribution in [3.05, 3.63) is 51.8 Å². The number of hydrogen-bond donors (Lipinski definition) is 1. The monoisotopic (exact) mass is 314 g/mol. The van der Waals surface area contributed by atoms with Crippen LogP contribution >= 0.6 is 0 Å². The molecule has 0 spiro atoms.